The molecule has 582 valence electrons. The average molecular weight is 1550 g/mol. The van der Waals surface area contributed by atoms with Gasteiger partial charge in [-0.3, -0.25) is 0 Å². The molecule has 0 radical (unpaired) electrons. The Bertz CT molecular complexity index is 3080. The standard InChI is InChI=1S/2C27H31BCl3.C25H46N.C16H36N/c2*1-5-6-7-8-15-28(22-12-9-19(2)25(29)16-22,23-13-10-20(3)26(30)17-23)24-14-11-21(4)27(31)18-24;1-5-6-7-8-9-10-11-12-13-14-15-16-17-18-21-26-22-19-24(20-23-26)25(2,3)4;1-5-9-13-17(14-10-6-2,15-11-7-3)16-12-8-4/h2*9-14,16-18H,5-8,15H2,1-4H3;19-20,22-23H,5-18,21H2,1-4H3;5-16H2,1-4H3/q2*-1;2*+1. The van der Waals surface area contributed by atoms with Crippen LogP contribution in [0, 0.1) is 41.5 Å². The van der Waals surface area contributed by atoms with Crippen molar-refractivity contribution >= 4 is 115 Å². The summed E-state index contributed by atoms with van der Waals surface area (Å²) < 4.78 is 3.76. The lowest BCUT2D eigenvalue weighted by Crippen LogP contribution is -2.67. The summed E-state index contributed by atoms with van der Waals surface area (Å²) in [6.45, 7) is 42.1. The third-order valence-corrected chi connectivity index (χ3v) is 25.5. The molecule has 6 aromatic carbocycles. The molecule has 105 heavy (non-hydrogen) atoms. The highest BCUT2D eigenvalue weighted by Crippen LogP contribution is 2.29. The van der Waals surface area contributed by atoms with E-state index in [2.05, 4.69) is 208 Å². The van der Waals surface area contributed by atoms with Gasteiger partial charge in [-0.1, -0.05) is 402 Å². The Morgan fingerprint density at radius 3 is 0.695 bits per heavy atom. The molecule has 0 aliphatic rings. The van der Waals surface area contributed by atoms with Crippen LogP contribution in [0.1, 0.15) is 301 Å². The molecule has 0 fully saturated rings. The maximum Gasteiger partial charge on any atom is 0.169 e. The van der Waals surface area contributed by atoms with Gasteiger partial charge in [-0.25, -0.2) is 4.57 Å². The lowest BCUT2D eigenvalue weighted by Gasteiger charge is -2.44. The summed E-state index contributed by atoms with van der Waals surface area (Å²) in [6, 6.07) is 43.7. The van der Waals surface area contributed by atoms with Gasteiger partial charge in [-0.05, 0) is 118 Å². The van der Waals surface area contributed by atoms with Gasteiger partial charge in [0.25, 0.3) is 0 Å². The van der Waals surface area contributed by atoms with Crippen LogP contribution in [0.4, 0.5) is 0 Å². The molecule has 0 unspecified atom stereocenters. The second-order valence-corrected chi connectivity index (χ2v) is 35.1. The number of unbranched alkanes of at least 4 members (excludes halogenated alkanes) is 23. The fourth-order valence-electron chi connectivity index (χ4n) is 15.6. The van der Waals surface area contributed by atoms with Gasteiger partial charge in [0.15, 0.2) is 12.4 Å². The van der Waals surface area contributed by atoms with Crippen molar-refractivity contribution < 1.29 is 9.05 Å². The Labute approximate surface area is 675 Å². The van der Waals surface area contributed by atoms with Gasteiger partial charge in [0.1, 0.15) is 6.54 Å². The maximum atomic E-state index is 6.65. The Morgan fingerprint density at radius 2 is 0.486 bits per heavy atom. The third kappa shape index (κ3) is 31.2. The minimum absolute atomic E-state index is 0.258. The molecule has 1 aromatic heterocycles. The van der Waals surface area contributed by atoms with Crippen LogP contribution in [0.15, 0.2) is 134 Å². The lowest BCUT2D eigenvalue weighted by atomic mass is 9.14. The summed E-state index contributed by atoms with van der Waals surface area (Å²) in [5.41, 5.74) is 15.7. The van der Waals surface area contributed by atoms with E-state index in [0.717, 1.165) is 89.0 Å². The zero-order valence-corrected chi connectivity index (χ0v) is 73.7. The summed E-state index contributed by atoms with van der Waals surface area (Å²) in [6.07, 6.45) is 44.7. The molecule has 2 nitrogen and oxygen atoms in total. The van der Waals surface area contributed by atoms with E-state index in [1.807, 2.05) is 41.5 Å². The van der Waals surface area contributed by atoms with E-state index in [9.17, 15) is 0 Å². The monoisotopic (exact) mass is 1540 g/mol. The van der Waals surface area contributed by atoms with E-state index in [1.165, 1.54) is 255 Å². The van der Waals surface area contributed by atoms with E-state index >= 15 is 0 Å². The number of benzene rings is 6. The number of rotatable bonds is 43. The minimum Gasteiger partial charge on any atom is -0.324 e. The van der Waals surface area contributed by atoms with E-state index in [1.54, 1.807) is 0 Å². The molecule has 0 saturated heterocycles. The van der Waals surface area contributed by atoms with Crippen LogP contribution < -0.4 is 37.3 Å². The molecule has 7 aromatic rings. The molecule has 10 heteroatoms. The first kappa shape index (κ1) is 93.7. The predicted octanol–water partition coefficient (Wildman–Crippen LogP) is 28.0. The quantitative estimate of drug-likeness (QED) is 0.0155. The average Bonchev–Trinajstić information content (AvgIpc) is 0.752. The van der Waals surface area contributed by atoms with Crippen LogP contribution in [0.25, 0.3) is 0 Å². The molecular formula is C95H144B2Cl6N2. The number of nitrogens with zero attached hydrogens (tertiary/aromatic N) is 2. The summed E-state index contributed by atoms with van der Waals surface area (Å²) in [5, 5.41) is 4.80. The molecular weight excluding hydrogens is 1400 g/mol. The summed E-state index contributed by atoms with van der Waals surface area (Å²) in [4.78, 5) is 0. The predicted molar refractivity (Wildman–Crippen MR) is 479 cm³/mol. The minimum atomic E-state index is -1.28. The third-order valence-electron chi connectivity index (χ3n) is 23.0. The molecule has 0 aliphatic heterocycles. The van der Waals surface area contributed by atoms with Gasteiger partial charge in [0.05, 0.1) is 38.5 Å². The van der Waals surface area contributed by atoms with Crippen LogP contribution in [-0.2, 0) is 12.0 Å². The maximum absolute atomic E-state index is 6.65. The number of aromatic nitrogens is 1. The largest absolute Gasteiger partial charge is 0.324 e. The van der Waals surface area contributed by atoms with E-state index < -0.39 is 12.3 Å². The smallest absolute Gasteiger partial charge is 0.169 e. The van der Waals surface area contributed by atoms with Gasteiger partial charge in [0, 0.05) is 48.7 Å². The van der Waals surface area contributed by atoms with Crippen molar-refractivity contribution in [1.82, 2.24) is 0 Å². The molecule has 1 heterocycles. The highest BCUT2D eigenvalue weighted by Gasteiger charge is 2.33. The number of hydrogen-bond acceptors (Lipinski definition) is 0. The second kappa shape index (κ2) is 51.0. The molecule has 7 rings (SSSR count). The first-order valence-electron chi connectivity index (χ1n) is 42.2. The number of aryl methyl sites for hydroxylation is 7. The Hall–Kier alpha value is -3.70. The zero-order valence-electron chi connectivity index (χ0n) is 69.2. The van der Waals surface area contributed by atoms with Crippen molar-refractivity contribution in [3.05, 3.63) is 203 Å². The van der Waals surface area contributed by atoms with E-state index in [-0.39, 0.29) is 5.41 Å². The van der Waals surface area contributed by atoms with Crippen LogP contribution in [0.3, 0.4) is 0 Å². The Kier molecular flexibility index (Phi) is 45.5. The zero-order chi connectivity index (χ0) is 77.3. The van der Waals surface area contributed by atoms with Crippen molar-refractivity contribution in [3.8, 4) is 0 Å². The second-order valence-electron chi connectivity index (χ2n) is 32.7. The first-order valence-corrected chi connectivity index (χ1v) is 44.4. The molecule has 0 spiro atoms. The van der Waals surface area contributed by atoms with E-state index in [0.29, 0.717) is 0 Å². The van der Waals surface area contributed by atoms with Crippen molar-refractivity contribution in [1.29, 1.82) is 0 Å². The van der Waals surface area contributed by atoms with Crippen LogP contribution in [0.5, 0.6) is 0 Å². The van der Waals surface area contributed by atoms with Gasteiger partial charge < -0.3 is 4.48 Å². The highest BCUT2D eigenvalue weighted by atomic mass is 35.5. The molecule has 0 atom stereocenters. The van der Waals surface area contributed by atoms with Gasteiger partial charge in [-0.15, -0.1) is 0 Å². The van der Waals surface area contributed by atoms with Crippen LogP contribution in [0.2, 0.25) is 42.8 Å². The summed E-state index contributed by atoms with van der Waals surface area (Å²) in [5.74, 6) is 0. The SMILES string of the molecule is CCCCCCCCCCCCCCCC[n+]1ccc(C(C)(C)C)cc1.CCCCCC[B-](c1ccc(C)c(Cl)c1)(c1ccc(C)c(Cl)c1)c1ccc(C)c(Cl)c1.CCCCCC[B-](c1ccc(C)c(Cl)c1)(c1ccc(C)c(Cl)c1)c1ccc(C)c(Cl)c1.CCCC[N+](CCCC)(CCCC)CCCC. The highest BCUT2D eigenvalue weighted by molar-refractivity contribution is 7.12. The van der Waals surface area contributed by atoms with Gasteiger partial charge in [-0.2, -0.15) is 45.4 Å². The Balaban J connectivity index is 0.000000303. The number of halogens is 6. The molecule has 0 amide bonds. The fraction of sp³-hybridized carbons (Fsp3) is 0.568. The molecule has 0 bridgehead atoms. The fourth-order valence-corrected chi connectivity index (χ4v) is 16.8. The molecule has 0 aliphatic carbocycles. The van der Waals surface area contributed by atoms with Crippen molar-refractivity contribution in [2.24, 2.45) is 0 Å². The number of quaternary nitrogens is 1. The van der Waals surface area contributed by atoms with Crippen molar-refractivity contribution in [2.75, 3.05) is 26.2 Å². The van der Waals surface area contributed by atoms with Crippen LogP contribution in [-0.4, -0.2) is 43.0 Å². The van der Waals surface area contributed by atoms with Gasteiger partial charge >= 0.3 is 0 Å². The molecule has 0 N–H and O–H groups in total. The first-order chi connectivity index (χ1) is 50.4. The normalized spacial score (nSPS) is 11.8. The van der Waals surface area contributed by atoms with E-state index in [4.69, 9.17) is 69.6 Å². The summed E-state index contributed by atoms with van der Waals surface area (Å²) in [7, 11) is 0. The lowest BCUT2D eigenvalue weighted by molar-refractivity contribution is -0.929. The molecule has 0 saturated carbocycles. The van der Waals surface area contributed by atoms with Crippen molar-refractivity contribution in [3.63, 3.8) is 0 Å². The van der Waals surface area contributed by atoms with Crippen LogP contribution >= 0.6 is 69.6 Å². The van der Waals surface area contributed by atoms with Gasteiger partial charge in [0.2, 0.25) is 0 Å². The summed E-state index contributed by atoms with van der Waals surface area (Å²) >= 11 is 39.9. The topological polar surface area (TPSA) is 3.88 Å². The Morgan fingerprint density at radius 1 is 0.276 bits per heavy atom. The number of hydrogen-bond donors (Lipinski definition) is 0. The van der Waals surface area contributed by atoms with Crippen molar-refractivity contribution in [2.45, 2.75) is 328 Å². The number of pyridine rings is 1.